The molecular weight excluding hydrogens is 430 g/mol. The average molecular weight is 443 g/mol. The van der Waals surface area contributed by atoms with Crippen LogP contribution in [0.3, 0.4) is 0 Å². The summed E-state index contributed by atoms with van der Waals surface area (Å²) in [5.41, 5.74) is 2.36. The Morgan fingerprint density at radius 3 is 2.90 bits per heavy atom. The van der Waals surface area contributed by atoms with E-state index in [1.807, 2.05) is 4.90 Å². The lowest BCUT2D eigenvalue weighted by Gasteiger charge is -2.22. The molecule has 0 atom stereocenters. The topological polar surface area (TPSA) is 138 Å². The molecule has 0 saturated carbocycles. The lowest BCUT2D eigenvalue weighted by Crippen LogP contribution is -2.35. The summed E-state index contributed by atoms with van der Waals surface area (Å²) in [6, 6.07) is 12.0. The first-order valence-electron chi connectivity index (χ1n) is 8.78. The summed E-state index contributed by atoms with van der Waals surface area (Å²) in [6.45, 7) is 0.337. The van der Waals surface area contributed by atoms with Crippen molar-refractivity contribution in [3.63, 3.8) is 0 Å². The van der Waals surface area contributed by atoms with E-state index >= 15 is 0 Å². The van der Waals surface area contributed by atoms with Gasteiger partial charge in [-0.2, -0.15) is 0 Å². The molecule has 2 aromatic carbocycles. The molecule has 3 aromatic rings. The first-order valence-corrected chi connectivity index (χ1v) is 11.2. The maximum Gasteiger partial charge on any atom is 0.439 e. The highest BCUT2D eigenvalue weighted by molar-refractivity contribution is 8.15. The molecule has 3 heterocycles. The van der Waals surface area contributed by atoms with E-state index in [0.29, 0.717) is 28.5 Å². The predicted octanol–water partition coefficient (Wildman–Crippen LogP) is 1.89. The van der Waals surface area contributed by atoms with E-state index in [1.165, 1.54) is 11.8 Å². The Balaban J connectivity index is 1.38. The van der Waals surface area contributed by atoms with Gasteiger partial charge in [0, 0.05) is 28.3 Å². The molecule has 0 radical (unpaired) electrons. The van der Waals surface area contributed by atoms with Gasteiger partial charge in [-0.3, -0.25) is 14.3 Å². The van der Waals surface area contributed by atoms with Crippen LogP contribution < -0.4 is 16.0 Å². The summed E-state index contributed by atoms with van der Waals surface area (Å²) < 4.78 is 31.8. The second kappa shape index (κ2) is 6.85. The fraction of sp³-hybridized carbons (Fsp3) is 0.111. The molecule has 0 saturated heterocycles. The number of sulfonamides is 1. The standard InChI is InChI=1S/C18H13N5O5S2/c24-16(19-12-3-1-2-10(8-12)15-20-18(25)28-21-15)11-4-5-13-14(9-11)29-17-22-30(26,27)7-6-23(13)17/h1-5,8-9H,6-7H2,(H,19,24)(H,20,21,25). The molecule has 0 unspecified atom stereocenters. The van der Waals surface area contributed by atoms with Gasteiger partial charge in [-0.1, -0.05) is 17.3 Å². The molecule has 12 heteroatoms. The number of aromatic nitrogens is 2. The second-order valence-electron chi connectivity index (χ2n) is 6.57. The van der Waals surface area contributed by atoms with Gasteiger partial charge in [-0.25, -0.2) is 13.2 Å². The van der Waals surface area contributed by atoms with Gasteiger partial charge < -0.3 is 10.2 Å². The van der Waals surface area contributed by atoms with Crippen LogP contribution in [0.25, 0.3) is 11.4 Å². The molecular formula is C18H13N5O5S2. The normalized spacial score (nSPS) is 16.5. The minimum absolute atomic E-state index is 0.0358. The molecule has 0 spiro atoms. The van der Waals surface area contributed by atoms with Crippen molar-refractivity contribution in [1.29, 1.82) is 0 Å². The number of hydrogen-bond donors (Lipinski definition) is 2. The highest BCUT2D eigenvalue weighted by Crippen LogP contribution is 2.42. The van der Waals surface area contributed by atoms with Crippen molar-refractivity contribution in [3.05, 3.63) is 58.6 Å². The highest BCUT2D eigenvalue weighted by Gasteiger charge is 2.33. The number of nitrogens with zero attached hydrogens (tertiary/aromatic N) is 3. The van der Waals surface area contributed by atoms with Crippen LogP contribution in [0.2, 0.25) is 0 Å². The Labute approximate surface area is 174 Å². The highest BCUT2D eigenvalue weighted by atomic mass is 32.2. The van der Waals surface area contributed by atoms with Crippen molar-refractivity contribution in [2.45, 2.75) is 4.90 Å². The van der Waals surface area contributed by atoms with Crippen LogP contribution >= 0.6 is 11.8 Å². The molecule has 5 rings (SSSR count). The number of nitrogens with one attached hydrogen (secondary N) is 2. The number of amidine groups is 1. The third-order valence-corrected chi connectivity index (χ3v) is 6.88. The molecule has 2 aliphatic heterocycles. The van der Waals surface area contributed by atoms with E-state index < -0.39 is 15.8 Å². The van der Waals surface area contributed by atoms with Crippen molar-refractivity contribution >= 4 is 44.2 Å². The number of aromatic amines is 1. The number of H-pyrrole nitrogens is 1. The largest absolute Gasteiger partial charge is 0.439 e. The molecule has 1 amide bonds. The smallest absolute Gasteiger partial charge is 0.322 e. The Kier molecular flexibility index (Phi) is 4.25. The number of carbonyl (C=O) groups is 1. The third-order valence-electron chi connectivity index (χ3n) is 4.57. The van der Waals surface area contributed by atoms with E-state index in [9.17, 15) is 18.0 Å². The van der Waals surface area contributed by atoms with Gasteiger partial charge in [-0.05, 0) is 42.1 Å². The van der Waals surface area contributed by atoms with Gasteiger partial charge >= 0.3 is 5.76 Å². The minimum atomic E-state index is -3.44. The molecule has 0 bridgehead atoms. The third kappa shape index (κ3) is 3.39. The number of anilines is 2. The number of rotatable bonds is 3. The summed E-state index contributed by atoms with van der Waals surface area (Å²) in [6.07, 6.45) is 0. The van der Waals surface area contributed by atoms with Crippen LogP contribution in [-0.4, -0.2) is 41.9 Å². The van der Waals surface area contributed by atoms with Crippen LogP contribution in [0.15, 0.2) is 61.1 Å². The molecule has 2 aliphatic rings. The first kappa shape index (κ1) is 18.6. The maximum atomic E-state index is 12.7. The van der Waals surface area contributed by atoms with Crippen molar-refractivity contribution < 1.29 is 17.7 Å². The van der Waals surface area contributed by atoms with Crippen molar-refractivity contribution in [2.75, 3.05) is 22.5 Å². The predicted molar refractivity (Wildman–Crippen MR) is 111 cm³/mol. The van der Waals surface area contributed by atoms with Gasteiger partial charge in [0.2, 0.25) is 0 Å². The average Bonchev–Trinajstić information content (AvgIpc) is 3.29. The molecule has 10 nitrogen and oxygen atoms in total. The summed E-state index contributed by atoms with van der Waals surface area (Å²) in [5, 5.41) is 6.84. The van der Waals surface area contributed by atoms with Crippen molar-refractivity contribution in [2.24, 2.45) is 4.40 Å². The minimum Gasteiger partial charge on any atom is -0.322 e. The van der Waals surface area contributed by atoms with Gasteiger partial charge in [0.05, 0.1) is 11.4 Å². The Morgan fingerprint density at radius 1 is 1.23 bits per heavy atom. The summed E-state index contributed by atoms with van der Waals surface area (Å²) >= 11 is 1.23. The fourth-order valence-electron chi connectivity index (χ4n) is 3.17. The van der Waals surface area contributed by atoms with E-state index in [2.05, 4.69) is 24.4 Å². The van der Waals surface area contributed by atoms with Gasteiger partial charge in [0.1, 0.15) is 0 Å². The summed E-state index contributed by atoms with van der Waals surface area (Å²) in [7, 11) is -3.44. The molecule has 0 fully saturated rings. The molecule has 30 heavy (non-hydrogen) atoms. The summed E-state index contributed by atoms with van der Waals surface area (Å²) in [4.78, 5) is 28.9. The monoisotopic (exact) mass is 443 g/mol. The molecule has 0 aliphatic carbocycles. The maximum absolute atomic E-state index is 12.7. The van der Waals surface area contributed by atoms with Crippen LogP contribution in [0.4, 0.5) is 11.4 Å². The molecule has 152 valence electrons. The zero-order chi connectivity index (χ0) is 20.9. The number of fused-ring (bicyclic) bond motifs is 3. The Bertz CT molecular complexity index is 1380. The van der Waals surface area contributed by atoms with E-state index in [1.54, 1.807) is 42.5 Å². The van der Waals surface area contributed by atoms with E-state index in [4.69, 9.17) is 0 Å². The molecule has 1 aromatic heterocycles. The quantitative estimate of drug-likeness (QED) is 0.626. The number of carbonyl (C=O) groups excluding carboxylic acids is 1. The van der Waals surface area contributed by atoms with Crippen LogP contribution in [-0.2, 0) is 10.0 Å². The van der Waals surface area contributed by atoms with Crippen LogP contribution in [0.5, 0.6) is 0 Å². The van der Waals surface area contributed by atoms with Crippen molar-refractivity contribution in [3.8, 4) is 11.4 Å². The number of amides is 1. The van der Waals surface area contributed by atoms with Crippen molar-refractivity contribution in [1.82, 2.24) is 10.1 Å². The second-order valence-corrected chi connectivity index (χ2v) is 9.34. The number of benzene rings is 2. The summed E-state index contributed by atoms with van der Waals surface area (Å²) in [5.74, 6) is -0.767. The zero-order valence-corrected chi connectivity index (χ0v) is 16.8. The number of thioether (sulfide) groups is 1. The lowest BCUT2D eigenvalue weighted by molar-refractivity contribution is 0.102. The zero-order valence-electron chi connectivity index (χ0n) is 15.2. The van der Waals surface area contributed by atoms with E-state index in [0.717, 1.165) is 10.6 Å². The molecule has 2 N–H and O–H groups in total. The first-order chi connectivity index (χ1) is 14.4. The van der Waals surface area contributed by atoms with Crippen LogP contribution in [0.1, 0.15) is 10.4 Å². The fourth-order valence-corrected chi connectivity index (χ4v) is 5.47. The van der Waals surface area contributed by atoms with Gasteiger partial charge in [0.15, 0.2) is 11.0 Å². The Hall–Kier alpha value is -3.38. The SMILES string of the molecule is O=C(Nc1cccc(-c2noc(=O)[nH]2)c1)c1ccc2c(c1)SC1=NS(=O)(=O)CCN12. The van der Waals surface area contributed by atoms with Crippen LogP contribution in [0, 0.1) is 0 Å². The van der Waals surface area contributed by atoms with E-state index in [-0.39, 0.29) is 17.5 Å². The van der Waals surface area contributed by atoms with Gasteiger partial charge in [0.25, 0.3) is 15.9 Å². The Morgan fingerprint density at radius 2 is 2.10 bits per heavy atom. The van der Waals surface area contributed by atoms with Gasteiger partial charge in [-0.15, -0.1) is 4.40 Å². The lowest BCUT2D eigenvalue weighted by atomic mass is 10.1. The number of hydrogen-bond acceptors (Lipinski definition) is 8.